The molecule has 0 amide bonds. The molecule has 0 fully saturated rings. The van der Waals surface area contributed by atoms with Crippen molar-refractivity contribution in [2.75, 3.05) is 7.11 Å². The first-order valence-electron chi connectivity index (χ1n) is 4.95. The van der Waals surface area contributed by atoms with E-state index in [4.69, 9.17) is 15.3 Å². The van der Waals surface area contributed by atoms with Gasteiger partial charge < -0.3 is 19.7 Å². The minimum atomic E-state index is -1.13. The van der Waals surface area contributed by atoms with Crippen LogP contribution in [0.25, 0.3) is 5.65 Å². The highest BCUT2D eigenvalue weighted by molar-refractivity contribution is 5.86. The summed E-state index contributed by atoms with van der Waals surface area (Å²) in [7, 11) is 1.00. The Kier molecular flexibility index (Phi) is 4.39. The molecule has 96 valence electrons. The first kappa shape index (κ1) is 13.7. The van der Waals surface area contributed by atoms with E-state index in [0.29, 0.717) is 11.3 Å². The lowest BCUT2D eigenvalue weighted by atomic mass is 10.2. The van der Waals surface area contributed by atoms with Crippen LogP contribution in [-0.4, -0.2) is 43.8 Å². The van der Waals surface area contributed by atoms with Crippen LogP contribution in [0.15, 0.2) is 24.4 Å². The van der Waals surface area contributed by atoms with Gasteiger partial charge in [0.05, 0.1) is 6.42 Å². The number of aliphatic hydroxyl groups excluding tert-OH is 1. The Labute approximate surface area is 102 Å². The highest BCUT2D eigenvalue weighted by atomic mass is 16.4. The Morgan fingerprint density at radius 3 is 2.50 bits per heavy atom. The number of imidazole rings is 1. The summed E-state index contributed by atoms with van der Waals surface area (Å²) in [6, 6.07) is 4.89. The van der Waals surface area contributed by atoms with Gasteiger partial charge in [0.25, 0.3) is 0 Å². The SMILES string of the molecule is CO.O=C(O)Cc1cccc2nc(C(=O)O)cn12. The van der Waals surface area contributed by atoms with E-state index in [1.54, 1.807) is 18.2 Å². The molecule has 0 aliphatic carbocycles. The Balaban J connectivity index is 0.000000771. The lowest BCUT2D eigenvalue weighted by molar-refractivity contribution is -0.136. The number of carboxylic acids is 2. The molecule has 7 nitrogen and oxygen atoms in total. The molecule has 0 aliphatic rings. The molecule has 7 heteroatoms. The standard InChI is InChI=1S/C10H8N2O4.CH4O/c13-9(14)4-6-2-1-3-8-11-7(10(15)16)5-12(6)8;1-2/h1-3,5H,4H2,(H,13,14)(H,15,16);2H,1H3. The summed E-state index contributed by atoms with van der Waals surface area (Å²) in [6.45, 7) is 0. The summed E-state index contributed by atoms with van der Waals surface area (Å²) in [5, 5.41) is 24.5. The molecule has 0 spiro atoms. The predicted molar refractivity (Wildman–Crippen MR) is 61.6 cm³/mol. The van der Waals surface area contributed by atoms with Crippen LogP contribution in [0, 0.1) is 0 Å². The maximum atomic E-state index is 10.7. The van der Waals surface area contributed by atoms with Crippen LogP contribution in [0.3, 0.4) is 0 Å². The summed E-state index contributed by atoms with van der Waals surface area (Å²) >= 11 is 0. The van der Waals surface area contributed by atoms with Crippen molar-refractivity contribution in [2.24, 2.45) is 0 Å². The van der Waals surface area contributed by atoms with Gasteiger partial charge in [0, 0.05) is 19.0 Å². The third kappa shape index (κ3) is 2.83. The monoisotopic (exact) mass is 252 g/mol. The zero-order valence-corrected chi connectivity index (χ0v) is 9.57. The summed E-state index contributed by atoms with van der Waals surface area (Å²) < 4.78 is 1.47. The van der Waals surface area contributed by atoms with Gasteiger partial charge in [-0.3, -0.25) is 4.79 Å². The van der Waals surface area contributed by atoms with Crippen molar-refractivity contribution in [3.05, 3.63) is 35.8 Å². The molecule has 0 radical (unpaired) electrons. The number of aliphatic carboxylic acids is 1. The molecule has 0 aliphatic heterocycles. The summed E-state index contributed by atoms with van der Waals surface area (Å²) in [4.78, 5) is 25.2. The van der Waals surface area contributed by atoms with Crippen molar-refractivity contribution in [1.82, 2.24) is 9.38 Å². The van der Waals surface area contributed by atoms with Crippen LogP contribution >= 0.6 is 0 Å². The van der Waals surface area contributed by atoms with Gasteiger partial charge in [-0.2, -0.15) is 0 Å². The predicted octanol–water partition coefficient (Wildman–Crippen LogP) is 0.268. The van der Waals surface area contributed by atoms with Gasteiger partial charge >= 0.3 is 11.9 Å². The van der Waals surface area contributed by atoms with Gasteiger partial charge in [-0.15, -0.1) is 0 Å². The highest BCUT2D eigenvalue weighted by Crippen LogP contribution is 2.09. The molecule has 3 N–H and O–H groups in total. The number of carbonyl (C=O) groups is 2. The van der Waals surface area contributed by atoms with E-state index >= 15 is 0 Å². The van der Waals surface area contributed by atoms with E-state index < -0.39 is 11.9 Å². The normalized spacial score (nSPS) is 9.67. The highest BCUT2D eigenvalue weighted by Gasteiger charge is 2.11. The Hall–Kier alpha value is -2.41. The molecular formula is C11H12N2O5. The Morgan fingerprint density at radius 2 is 1.94 bits per heavy atom. The van der Waals surface area contributed by atoms with Gasteiger partial charge in [0.2, 0.25) is 0 Å². The quantitative estimate of drug-likeness (QED) is 0.722. The zero-order valence-electron chi connectivity index (χ0n) is 9.57. The minimum Gasteiger partial charge on any atom is -0.481 e. The fourth-order valence-electron chi connectivity index (χ4n) is 1.47. The molecule has 0 saturated heterocycles. The van der Waals surface area contributed by atoms with Crippen LogP contribution in [0.1, 0.15) is 16.2 Å². The Bertz CT molecular complexity index is 576. The van der Waals surface area contributed by atoms with Crippen molar-refractivity contribution in [1.29, 1.82) is 0 Å². The first-order chi connectivity index (χ1) is 8.58. The second kappa shape index (κ2) is 5.78. The maximum absolute atomic E-state index is 10.7. The second-order valence-electron chi connectivity index (χ2n) is 3.25. The third-order valence-corrected chi connectivity index (χ3v) is 2.13. The summed E-state index contributed by atoms with van der Waals surface area (Å²) in [6.07, 6.45) is 1.14. The van der Waals surface area contributed by atoms with Crippen LogP contribution in [0.2, 0.25) is 0 Å². The first-order valence-corrected chi connectivity index (χ1v) is 4.95. The number of fused-ring (bicyclic) bond motifs is 1. The van der Waals surface area contributed by atoms with Crippen molar-refractivity contribution < 1.29 is 24.9 Å². The largest absolute Gasteiger partial charge is 0.481 e. The number of carboxylic acid groups (broad SMARTS) is 2. The fraction of sp³-hybridized carbons (Fsp3) is 0.182. The van der Waals surface area contributed by atoms with Crippen molar-refractivity contribution in [3.8, 4) is 0 Å². The lowest BCUT2D eigenvalue weighted by Crippen LogP contribution is -2.04. The number of aliphatic hydroxyl groups is 1. The van der Waals surface area contributed by atoms with E-state index in [-0.39, 0.29) is 12.1 Å². The number of rotatable bonds is 3. The molecular weight excluding hydrogens is 240 g/mol. The van der Waals surface area contributed by atoms with Crippen molar-refractivity contribution in [3.63, 3.8) is 0 Å². The molecule has 0 aromatic carbocycles. The lowest BCUT2D eigenvalue weighted by Gasteiger charge is -2.00. The van der Waals surface area contributed by atoms with Gasteiger partial charge in [0.15, 0.2) is 5.69 Å². The molecule has 2 aromatic heterocycles. The maximum Gasteiger partial charge on any atom is 0.356 e. The number of aromatic nitrogens is 2. The smallest absolute Gasteiger partial charge is 0.356 e. The average molecular weight is 252 g/mol. The number of pyridine rings is 1. The molecule has 0 saturated carbocycles. The minimum absolute atomic E-state index is 0.0992. The topological polar surface area (TPSA) is 112 Å². The van der Waals surface area contributed by atoms with Gasteiger partial charge in [-0.05, 0) is 12.1 Å². The molecule has 0 bridgehead atoms. The molecule has 0 unspecified atom stereocenters. The van der Waals surface area contributed by atoms with Crippen LogP contribution in [0.5, 0.6) is 0 Å². The summed E-state index contributed by atoms with van der Waals surface area (Å²) in [5.41, 5.74) is 0.819. The van der Waals surface area contributed by atoms with Crippen molar-refractivity contribution in [2.45, 2.75) is 6.42 Å². The van der Waals surface area contributed by atoms with Crippen LogP contribution in [0.4, 0.5) is 0 Å². The van der Waals surface area contributed by atoms with Gasteiger partial charge in [-0.1, -0.05) is 6.07 Å². The van der Waals surface area contributed by atoms with Crippen molar-refractivity contribution >= 4 is 17.6 Å². The molecule has 0 atom stereocenters. The Morgan fingerprint density at radius 1 is 1.28 bits per heavy atom. The average Bonchev–Trinajstić information content (AvgIpc) is 2.76. The van der Waals surface area contributed by atoms with E-state index in [9.17, 15) is 9.59 Å². The molecule has 2 aromatic rings. The van der Waals surface area contributed by atoms with Gasteiger partial charge in [-0.25, -0.2) is 9.78 Å². The van der Waals surface area contributed by atoms with E-state index in [1.807, 2.05) is 0 Å². The second-order valence-corrected chi connectivity index (χ2v) is 3.25. The third-order valence-electron chi connectivity index (χ3n) is 2.13. The van der Waals surface area contributed by atoms with E-state index in [1.165, 1.54) is 10.6 Å². The molecule has 18 heavy (non-hydrogen) atoms. The van der Waals surface area contributed by atoms with Gasteiger partial charge in [0.1, 0.15) is 5.65 Å². The van der Waals surface area contributed by atoms with E-state index in [0.717, 1.165) is 7.11 Å². The molecule has 2 rings (SSSR count). The van der Waals surface area contributed by atoms with Crippen LogP contribution in [-0.2, 0) is 11.2 Å². The fourth-order valence-corrected chi connectivity index (χ4v) is 1.47. The number of aromatic carboxylic acids is 1. The van der Waals surface area contributed by atoms with E-state index in [2.05, 4.69) is 4.98 Å². The van der Waals surface area contributed by atoms with Crippen LogP contribution < -0.4 is 0 Å². The number of hydrogen-bond donors (Lipinski definition) is 3. The summed E-state index contributed by atoms with van der Waals surface area (Å²) in [5.74, 6) is -2.11. The zero-order chi connectivity index (χ0) is 13.7. The molecule has 2 heterocycles. The number of hydrogen-bond acceptors (Lipinski definition) is 4. The number of nitrogens with zero attached hydrogens (tertiary/aromatic N) is 2.